The van der Waals surface area contributed by atoms with E-state index in [0.29, 0.717) is 5.92 Å². The zero-order chi connectivity index (χ0) is 13.1. The minimum atomic E-state index is -0.249. The maximum Gasteiger partial charge on any atom is 0.240 e. The van der Waals surface area contributed by atoms with Gasteiger partial charge in [0.1, 0.15) is 0 Å². The van der Waals surface area contributed by atoms with E-state index in [1.165, 1.54) is 0 Å². The van der Waals surface area contributed by atoms with E-state index in [1.54, 1.807) is 0 Å². The van der Waals surface area contributed by atoms with E-state index in [1.807, 2.05) is 4.90 Å². The summed E-state index contributed by atoms with van der Waals surface area (Å²) in [6.45, 7) is 2.64. The number of hydrogen-bond donors (Lipinski definition) is 1. The van der Waals surface area contributed by atoms with Gasteiger partial charge in [-0.3, -0.25) is 19.8 Å². The molecule has 1 saturated heterocycles. The van der Waals surface area contributed by atoms with E-state index < -0.39 is 0 Å². The highest BCUT2D eigenvalue weighted by atomic mass is 16.2. The number of rotatable bonds is 2. The number of amides is 2. The first kappa shape index (κ1) is 13.0. The van der Waals surface area contributed by atoms with Crippen LogP contribution in [0.2, 0.25) is 0 Å². The van der Waals surface area contributed by atoms with Gasteiger partial charge in [0.05, 0.1) is 25.1 Å². The van der Waals surface area contributed by atoms with E-state index in [4.69, 9.17) is 0 Å². The highest BCUT2D eigenvalue weighted by Crippen LogP contribution is 2.33. The summed E-state index contributed by atoms with van der Waals surface area (Å²) in [5.41, 5.74) is 0. The lowest BCUT2D eigenvalue weighted by Gasteiger charge is -2.40. The van der Waals surface area contributed by atoms with Gasteiger partial charge in [-0.05, 0) is 25.2 Å². The number of hydrogen-bond acceptors (Lipinski definition) is 4. The maximum atomic E-state index is 11.4. The van der Waals surface area contributed by atoms with Gasteiger partial charge >= 0.3 is 0 Å². The molecule has 1 aliphatic heterocycles. The van der Waals surface area contributed by atoms with Crippen molar-refractivity contribution in [3.8, 4) is 6.07 Å². The molecule has 2 fully saturated rings. The predicted octanol–water partition coefficient (Wildman–Crippen LogP) is 0.663. The van der Waals surface area contributed by atoms with Crippen LogP contribution in [0.5, 0.6) is 0 Å². The second kappa shape index (κ2) is 5.49. The average molecular weight is 249 g/mol. The SMILES string of the molecule is CCC1CCC(C#N)C(N2CC(=O)NC(=O)C2)C1. The molecule has 0 spiro atoms. The van der Waals surface area contributed by atoms with Crippen molar-refractivity contribution >= 4 is 11.8 Å². The maximum absolute atomic E-state index is 11.4. The van der Waals surface area contributed by atoms with Crippen LogP contribution in [0.25, 0.3) is 0 Å². The summed E-state index contributed by atoms with van der Waals surface area (Å²) < 4.78 is 0. The van der Waals surface area contributed by atoms with Crippen molar-refractivity contribution in [3.05, 3.63) is 0 Å². The van der Waals surface area contributed by atoms with Crippen LogP contribution in [0.1, 0.15) is 32.6 Å². The zero-order valence-corrected chi connectivity index (χ0v) is 10.7. The zero-order valence-electron chi connectivity index (χ0n) is 10.7. The highest BCUT2D eigenvalue weighted by Gasteiger charge is 2.37. The van der Waals surface area contributed by atoms with E-state index in [2.05, 4.69) is 18.3 Å². The van der Waals surface area contributed by atoms with Crippen LogP contribution in [0.4, 0.5) is 0 Å². The fraction of sp³-hybridized carbons (Fsp3) is 0.769. The Hall–Kier alpha value is -1.41. The van der Waals surface area contributed by atoms with Gasteiger partial charge in [-0.15, -0.1) is 0 Å². The third kappa shape index (κ3) is 2.70. The molecule has 3 atom stereocenters. The molecule has 2 aliphatic rings. The number of nitrogens with zero attached hydrogens (tertiary/aromatic N) is 2. The van der Waals surface area contributed by atoms with E-state index >= 15 is 0 Å². The quantitative estimate of drug-likeness (QED) is 0.730. The Morgan fingerprint density at radius 1 is 1.33 bits per heavy atom. The molecule has 2 rings (SSSR count). The van der Waals surface area contributed by atoms with Crippen LogP contribution in [-0.2, 0) is 9.59 Å². The molecule has 0 aromatic rings. The molecule has 0 bridgehead atoms. The minimum Gasteiger partial charge on any atom is -0.294 e. The van der Waals surface area contributed by atoms with Crippen LogP contribution in [0.15, 0.2) is 0 Å². The summed E-state index contributed by atoms with van der Waals surface area (Å²) in [5, 5.41) is 11.5. The molecule has 2 amide bonds. The number of nitriles is 1. The van der Waals surface area contributed by atoms with Crippen LogP contribution in [0.3, 0.4) is 0 Å². The van der Waals surface area contributed by atoms with Gasteiger partial charge in [0.15, 0.2) is 0 Å². The number of nitrogens with one attached hydrogen (secondary N) is 1. The standard InChI is InChI=1S/C13H19N3O2/c1-2-9-3-4-10(6-14)11(5-9)16-7-12(17)15-13(18)8-16/h9-11H,2-5,7-8H2,1H3,(H,15,17,18). The first-order chi connectivity index (χ1) is 8.63. The molecule has 1 saturated carbocycles. The van der Waals surface area contributed by atoms with Crippen molar-refractivity contribution in [2.45, 2.75) is 38.6 Å². The Bertz CT molecular complexity index is 372. The number of imide groups is 1. The van der Waals surface area contributed by atoms with E-state index in [9.17, 15) is 14.9 Å². The number of piperazine rings is 1. The van der Waals surface area contributed by atoms with Gasteiger partial charge in [-0.25, -0.2) is 0 Å². The van der Waals surface area contributed by atoms with Crippen molar-refractivity contribution in [2.75, 3.05) is 13.1 Å². The Morgan fingerprint density at radius 2 is 2.00 bits per heavy atom. The number of carbonyl (C=O) groups is 2. The Morgan fingerprint density at radius 3 is 2.56 bits per heavy atom. The van der Waals surface area contributed by atoms with Gasteiger partial charge in [-0.1, -0.05) is 13.3 Å². The highest BCUT2D eigenvalue weighted by molar-refractivity contribution is 5.99. The smallest absolute Gasteiger partial charge is 0.240 e. The molecule has 18 heavy (non-hydrogen) atoms. The topological polar surface area (TPSA) is 73.2 Å². The first-order valence-electron chi connectivity index (χ1n) is 6.60. The molecular formula is C13H19N3O2. The molecule has 98 valence electrons. The summed E-state index contributed by atoms with van der Waals surface area (Å²) in [4.78, 5) is 24.7. The monoisotopic (exact) mass is 249 g/mol. The van der Waals surface area contributed by atoms with Crippen molar-refractivity contribution < 1.29 is 9.59 Å². The van der Waals surface area contributed by atoms with Crippen LogP contribution < -0.4 is 5.32 Å². The molecule has 1 N–H and O–H groups in total. The van der Waals surface area contributed by atoms with Crippen LogP contribution >= 0.6 is 0 Å². The Balaban J connectivity index is 2.10. The van der Waals surface area contributed by atoms with Crippen molar-refractivity contribution in [3.63, 3.8) is 0 Å². The number of carbonyl (C=O) groups excluding carboxylic acids is 2. The third-order valence-electron chi connectivity index (χ3n) is 4.11. The summed E-state index contributed by atoms with van der Waals surface area (Å²) in [7, 11) is 0. The molecule has 3 unspecified atom stereocenters. The molecule has 5 heteroatoms. The lowest BCUT2D eigenvalue weighted by molar-refractivity contribution is -0.138. The second-order valence-electron chi connectivity index (χ2n) is 5.27. The van der Waals surface area contributed by atoms with Crippen molar-refractivity contribution in [2.24, 2.45) is 11.8 Å². The predicted molar refractivity (Wildman–Crippen MR) is 65.2 cm³/mol. The lowest BCUT2D eigenvalue weighted by atomic mass is 9.77. The molecular weight excluding hydrogens is 230 g/mol. The lowest BCUT2D eigenvalue weighted by Crippen LogP contribution is -2.57. The van der Waals surface area contributed by atoms with Gasteiger partial charge in [0, 0.05) is 6.04 Å². The van der Waals surface area contributed by atoms with Crippen molar-refractivity contribution in [1.29, 1.82) is 5.26 Å². The second-order valence-corrected chi connectivity index (χ2v) is 5.27. The molecule has 5 nitrogen and oxygen atoms in total. The fourth-order valence-electron chi connectivity index (χ4n) is 3.05. The van der Waals surface area contributed by atoms with E-state index in [0.717, 1.165) is 25.7 Å². The van der Waals surface area contributed by atoms with Crippen LogP contribution in [0, 0.1) is 23.2 Å². The largest absolute Gasteiger partial charge is 0.294 e. The normalized spacial score (nSPS) is 33.9. The van der Waals surface area contributed by atoms with Crippen molar-refractivity contribution in [1.82, 2.24) is 10.2 Å². The Labute approximate surface area is 107 Å². The van der Waals surface area contributed by atoms with Gasteiger partial charge < -0.3 is 0 Å². The van der Waals surface area contributed by atoms with Gasteiger partial charge in [0.25, 0.3) is 0 Å². The van der Waals surface area contributed by atoms with Gasteiger partial charge in [-0.2, -0.15) is 5.26 Å². The van der Waals surface area contributed by atoms with E-state index in [-0.39, 0.29) is 36.9 Å². The minimum absolute atomic E-state index is 0.0495. The Kier molecular flexibility index (Phi) is 3.97. The molecule has 1 aliphatic carbocycles. The molecule has 0 aromatic carbocycles. The summed E-state index contributed by atoms with van der Waals surface area (Å²) in [6.07, 6.45) is 3.99. The molecule has 0 aromatic heterocycles. The molecule has 1 heterocycles. The molecule has 0 radical (unpaired) electrons. The average Bonchev–Trinajstić information content (AvgIpc) is 2.36. The first-order valence-corrected chi connectivity index (χ1v) is 6.60. The summed E-state index contributed by atoms with van der Waals surface area (Å²) in [6, 6.07) is 2.40. The fourth-order valence-corrected chi connectivity index (χ4v) is 3.05. The van der Waals surface area contributed by atoms with Gasteiger partial charge in [0.2, 0.25) is 11.8 Å². The summed E-state index contributed by atoms with van der Waals surface area (Å²) >= 11 is 0. The van der Waals surface area contributed by atoms with Crippen LogP contribution in [-0.4, -0.2) is 35.8 Å². The summed E-state index contributed by atoms with van der Waals surface area (Å²) in [5.74, 6) is 0.0642. The third-order valence-corrected chi connectivity index (χ3v) is 4.11.